The third-order valence-corrected chi connectivity index (χ3v) is 4.87. The van der Waals surface area contributed by atoms with Crippen molar-refractivity contribution in [1.82, 2.24) is 14.7 Å². The maximum Gasteiger partial charge on any atom is 0.327 e. The number of hydrogen-bond donors (Lipinski definition) is 1. The van der Waals surface area contributed by atoms with Gasteiger partial charge in [0.05, 0.1) is 11.1 Å². The lowest BCUT2D eigenvalue weighted by atomic mass is 10.1. The van der Waals surface area contributed by atoms with Crippen LogP contribution in [0.15, 0.2) is 6.07 Å². The smallest absolute Gasteiger partial charge is 0.327 e. The molecule has 2 unspecified atom stereocenters. The van der Waals surface area contributed by atoms with Crippen molar-refractivity contribution >= 4 is 23.6 Å². The molecule has 2 rings (SSSR count). The fourth-order valence-corrected chi connectivity index (χ4v) is 3.57. The van der Waals surface area contributed by atoms with Gasteiger partial charge in [0.2, 0.25) is 0 Å². The summed E-state index contributed by atoms with van der Waals surface area (Å²) in [6.07, 6.45) is 0. The second kappa shape index (κ2) is 6.09. The molecule has 116 valence electrons. The molecule has 1 aromatic heterocycles. The maximum atomic E-state index is 12.8. The number of carboxylic acids is 1. The van der Waals surface area contributed by atoms with Crippen LogP contribution in [-0.2, 0) is 11.3 Å². The molecule has 0 aliphatic carbocycles. The minimum Gasteiger partial charge on any atom is -0.480 e. The van der Waals surface area contributed by atoms with E-state index >= 15 is 0 Å². The topological polar surface area (TPSA) is 75.4 Å². The van der Waals surface area contributed by atoms with E-state index in [9.17, 15) is 14.7 Å². The molecular formula is C14H21N3O3S. The number of amides is 1. The average molecular weight is 311 g/mol. The Hall–Kier alpha value is -1.50. The van der Waals surface area contributed by atoms with Gasteiger partial charge in [0.15, 0.2) is 0 Å². The lowest BCUT2D eigenvalue weighted by Crippen LogP contribution is -2.45. The number of nitrogens with zero attached hydrogens (tertiary/aromatic N) is 3. The molecule has 0 saturated carbocycles. The fraction of sp³-hybridized carbons (Fsp3) is 0.643. The van der Waals surface area contributed by atoms with Crippen molar-refractivity contribution < 1.29 is 14.7 Å². The molecule has 0 spiro atoms. The van der Waals surface area contributed by atoms with E-state index in [-0.39, 0.29) is 17.2 Å². The summed E-state index contributed by atoms with van der Waals surface area (Å²) in [4.78, 5) is 25.6. The largest absolute Gasteiger partial charge is 0.480 e. The summed E-state index contributed by atoms with van der Waals surface area (Å²) in [5, 5.41) is 13.6. The summed E-state index contributed by atoms with van der Waals surface area (Å²) >= 11 is 1.49. The highest BCUT2D eigenvalue weighted by atomic mass is 32.2. The highest BCUT2D eigenvalue weighted by Gasteiger charge is 2.40. The first-order chi connectivity index (χ1) is 9.86. The van der Waals surface area contributed by atoms with Crippen molar-refractivity contribution in [2.24, 2.45) is 0 Å². The van der Waals surface area contributed by atoms with E-state index in [0.717, 1.165) is 5.69 Å². The van der Waals surface area contributed by atoms with E-state index in [1.807, 2.05) is 27.7 Å². The van der Waals surface area contributed by atoms with Crippen LogP contribution >= 0.6 is 11.8 Å². The Labute approximate surface area is 128 Å². The molecular weight excluding hydrogens is 290 g/mol. The molecule has 0 aromatic carbocycles. The van der Waals surface area contributed by atoms with E-state index in [1.165, 1.54) is 16.7 Å². The number of aliphatic carboxylic acids is 1. The Kier molecular flexibility index (Phi) is 4.61. The molecule has 2 heterocycles. The van der Waals surface area contributed by atoms with Crippen LogP contribution in [0.1, 0.15) is 49.8 Å². The minimum absolute atomic E-state index is 0.138. The van der Waals surface area contributed by atoms with Crippen LogP contribution < -0.4 is 0 Å². The van der Waals surface area contributed by atoms with E-state index < -0.39 is 12.0 Å². The van der Waals surface area contributed by atoms with Crippen LogP contribution in [0.2, 0.25) is 0 Å². The first-order valence-electron chi connectivity index (χ1n) is 7.11. The van der Waals surface area contributed by atoms with Gasteiger partial charge in [-0.3, -0.25) is 9.48 Å². The zero-order valence-corrected chi connectivity index (χ0v) is 13.6. The third-order valence-electron chi connectivity index (χ3n) is 3.65. The van der Waals surface area contributed by atoms with Crippen LogP contribution in [0.4, 0.5) is 0 Å². The number of carbonyl (C=O) groups is 2. The molecule has 2 atom stereocenters. The molecule has 1 saturated heterocycles. The van der Waals surface area contributed by atoms with Gasteiger partial charge in [-0.25, -0.2) is 4.79 Å². The molecule has 7 heteroatoms. The van der Waals surface area contributed by atoms with Gasteiger partial charge in [0, 0.05) is 12.3 Å². The van der Waals surface area contributed by atoms with E-state index in [2.05, 4.69) is 5.10 Å². The van der Waals surface area contributed by atoms with Crippen LogP contribution in [0.25, 0.3) is 0 Å². The average Bonchev–Trinajstić information content (AvgIpc) is 3.01. The summed E-state index contributed by atoms with van der Waals surface area (Å²) in [5.74, 6) is -0.544. The number of rotatable bonds is 4. The van der Waals surface area contributed by atoms with E-state index in [0.29, 0.717) is 18.0 Å². The van der Waals surface area contributed by atoms with Gasteiger partial charge in [0.25, 0.3) is 5.91 Å². The first-order valence-corrected chi connectivity index (χ1v) is 8.16. The summed E-state index contributed by atoms with van der Waals surface area (Å²) in [6, 6.07) is 1.02. The van der Waals surface area contributed by atoms with E-state index in [1.54, 1.807) is 10.7 Å². The SMILES string of the molecule is CCn1nc(C(C)C)cc1C(=O)N1C(C)SCC1C(=O)O. The van der Waals surface area contributed by atoms with Crippen molar-refractivity contribution in [2.45, 2.75) is 51.6 Å². The number of aryl methyl sites for hydroxylation is 1. The van der Waals surface area contributed by atoms with Crippen molar-refractivity contribution in [3.05, 3.63) is 17.5 Å². The molecule has 1 aliphatic heterocycles. The van der Waals surface area contributed by atoms with E-state index in [4.69, 9.17) is 0 Å². The van der Waals surface area contributed by atoms with Gasteiger partial charge in [-0.2, -0.15) is 5.10 Å². The fourth-order valence-electron chi connectivity index (χ4n) is 2.41. The van der Waals surface area contributed by atoms with Crippen molar-refractivity contribution in [1.29, 1.82) is 0 Å². The second-order valence-corrected chi connectivity index (χ2v) is 6.77. The van der Waals surface area contributed by atoms with Crippen LogP contribution in [0, 0.1) is 0 Å². The van der Waals surface area contributed by atoms with Crippen LogP contribution in [-0.4, -0.2) is 48.8 Å². The maximum absolute atomic E-state index is 12.8. The summed E-state index contributed by atoms with van der Waals surface area (Å²) in [5.41, 5.74) is 1.33. The summed E-state index contributed by atoms with van der Waals surface area (Å²) < 4.78 is 1.66. The lowest BCUT2D eigenvalue weighted by molar-refractivity contribution is -0.141. The quantitative estimate of drug-likeness (QED) is 0.920. The van der Waals surface area contributed by atoms with Crippen LogP contribution in [0.5, 0.6) is 0 Å². The highest BCUT2D eigenvalue weighted by Crippen LogP contribution is 2.30. The molecule has 1 amide bonds. The van der Waals surface area contributed by atoms with Gasteiger partial charge in [-0.05, 0) is 25.8 Å². The van der Waals surface area contributed by atoms with Gasteiger partial charge < -0.3 is 10.0 Å². The van der Waals surface area contributed by atoms with Crippen LogP contribution in [0.3, 0.4) is 0 Å². The Morgan fingerprint density at radius 2 is 2.19 bits per heavy atom. The monoisotopic (exact) mass is 311 g/mol. The molecule has 21 heavy (non-hydrogen) atoms. The zero-order valence-electron chi connectivity index (χ0n) is 12.7. The molecule has 0 bridgehead atoms. The Morgan fingerprint density at radius 1 is 1.52 bits per heavy atom. The molecule has 6 nitrogen and oxygen atoms in total. The minimum atomic E-state index is -0.952. The number of carbonyl (C=O) groups excluding carboxylic acids is 1. The molecule has 0 radical (unpaired) electrons. The Morgan fingerprint density at radius 3 is 2.71 bits per heavy atom. The standard InChI is InChI=1S/C14H21N3O3S/c1-5-16-11(6-10(15-16)8(2)3)13(18)17-9(4)21-7-12(17)14(19)20/h6,8-9,12H,5,7H2,1-4H3,(H,19,20). The van der Waals surface area contributed by atoms with Gasteiger partial charge in [-0.15, -0.1) is 11.8 Å². The summed E-state index contributed by atoms with van der Waals surface area (Å²) in [6.45, 7) is 8.41. The predicted molar refractivity (Wildman–Crippen MR) is 81.5 cm³/mol. The highest BCUT2D eigenvalue weighted by molar-refractivity contribution is 8.00. The lowest BCUT2D eigenvalue weighted by Gasteiger charge is -2.25. The molecule has 1 fully saturated rings. The van der Waals surface area contributed by atoms with Gasteiger partial charge >= 0.3 is 5.97 Å². The van der Waals surface area contributed by atoms with Crippen molar-refractivity contribution in [3.63, 3.8) is 0 Å². The number of hydrogen-bond acceptors (Lipinski definition) is 4. The van der Waals surface area contributed by atoms with Gasteiger partial charge in [-0.1, -0.05) is 13.8 Å². The predicted octanol–water partition coefficient (Wildman–Crippen LogP) is 2.01. The normalized spacial score (nSPS) is 22.0. The number of carboxylic acid groups (broad SMARTS) is 1. The molecule has 1 N–H and O–H groups in total. The Bertz CT molecular complexity index is 556. The Balaban J connectivity index is 2.36. The summed E-state index contributed by atoms with van der Waals surface area (Å²) in [7, 11) is 0. The number of thioether (sulfide) groups is 1. The first kappa shape index (κ1) is 15.9. The van der Waals surface area contributed by atoms with Gasteiger partial charge in [0.1, 0.15) is 11.7 Å². The third kappa shape index (κ3) is 2.92. The zero-order chi connectivity index (χ0) is 15.7. The van der Waals surface area contributed by atoms with Crippen molar-refractivity contribution in [3.8, 4) is 0 Å². The second-order valence-electron chi connectivity index (χ2n) is 5.42. The van der Waals surface area contributed by atoms with Crippen molar-refractivity contribution in [2.75, 3.05) is 5.75 Å². The molecule has 1 aromatic rings. The molecule has 1 aliphatic rings. The number of aromatic nitrogens is 2.